The quantitative estimate of drug-likeness (QED) is 0.673. The number of methoxy groups -OCH3 is 2. The van der Waals surface area contributed by atoms with Crippen molar-refractivity contribution in [2.75, 3.05) is 40.6 Å². The van der Waals surface area contributed by atoms with Gasteiger partial charge in [0.25, 0.3) is 0 Å². The molecular formula is C17H27NO4. The zero-order valence-electron chi connectivity index (χ0n) is 13.6. The predicted octanol–water partition coefficient (Wildman–Crippen LogP) is 2.38. The summed E-state index contributed by atoms with van der Waals surface area (Å²) in [5.74, 6) is 1.59. The van der Waals surface area contributed by atoms with Crippen molar-refractivity contribution < 1.29 is 18.9 Å². The summed E-state index contributed by atoms with van der Waals surface area (Å²) in [6.07, 6.45) is 3.38. The second-order valence-electron chi connectivity index (χ2n) is 5.42. The Labute approximate surface area is 132 Å². The lowest BCUT2D eigenvalue weighted by molar-refractivity contribution is 0.0666. The maximum atomic E-state index is 6.01. The number of nitrogens with one attached hydrogen (secondary N) is 1. The first-order valence-corrected chi connectivity index (χ1v) is 7.95. The molecule has 0 aromatic heterocycles. The van der Waals surface area contributed by atoms with Crippen molar-refractivity contribution in [3.63, 3.8) is 0 Å². The van der Waals surface area contributed by atoms with Crippen molar-refractivity contribution in [2.45, 2.75) is 31.9 Å². The molecule has 1 aliphatic rings. The Kier molecular flexibility index (Phi) is 7.49. The minimum atomic E-state index is 0.201. The predicted molar refractivity (Wildman–Crippen MR) is 85.7 cm³/mol. The summed E-state index contributed by atoms with van der Waals surface area (Å²) in [4.78, 5) is 0. The van der Waals surface area contributed by atoms with Gasteiger partial charge in [-0.2, -0.15) is 0 Å². The number of para-hydroxylation sites is 1. The van der Waals surface area contributed by atoms with Gasteiger partial charge in [0.2, 0.25) is 0 Å². The Balaban J connectivity index is 1.91. The van der Waals surface area contributed by atoms with Gasteiger partial charge in [-0.3, -0.25) is 0 Å². The van der Waals surface area contributed by atoms with Crippen LogP contribution in [0.3, 0.4) is 0 Å². The van der Waals surface area contributed by atoms with E-state index in [0.717, 1.165) is 62.6 Å². The Morgan fingerprint density at radius 2 is 2.23 bits per heavy atom. The number of rotatable bonds is 10. The van der Waals surface area contributed by atoms with Gasteiger partial charge in [0, 0.05) is 32.4 Å². The normalized spacial score (nSPS) is 17.6. The molecular weight excluding hydrogens is 282 g/mol. The van der Waals surface area contributed by atoms with Crippen molar-refractivity contribution in [1.29, 1.82) is 0 Å². The summed E-state index contributed by atoms with van der Waals surface area (Å²) >= 11 is 0. The van der Waals surface area contributed by atoms with E-state index in [4.69, 9.17) is 18.9 Å². The molecule has 2 rings (SSSR count). The zero-order chi connectivity index (χ0) is 15.6. The van der Waals surface area contributed by atoms with Gasteiger partial charge in [-0.1, -0.05) is 12.1 Å². The third kappa shape index (κ3) is 5.16. The van der Waals surface area contributed by atoms with E-state index in [1.54, 1.807) is 14.2 Å². The van der Waals surface area contributed by atoms with E-state index in [9.17, 15) is 0 Å². The standard InChI is InChI=1S/C17H27NO4/c1-19-10-5-9-18-12-14-6-3-8-16(20-2)17(14)22-13-15-7-4-11-21-15/h3,6,8,15,18H,4-5,7,9-13H2,1-2H3. The third-order valence-electron chi connectivity index (χ3n) is 3.74. The molecule has 1 saturated heterocycles. The van der Waals surface area contributed by atoms with Crippen molar-refractivity contribution in [3.05, 3.63) is 23.8 Å². The molecule has 124 valence electrons. The molecule has 0 aliphatic carbocycles. The average molecular weight is 309 g/mol. The van der Waals surface area contributed by atoms with Gasteiger partial charge in [-0.15, -0.1) is 0 Å². The fraction of sp³-hybridized carbons (Fsp3) is 0.647. The minimum Gasteiger partial charge on any atom is -0.493 e. The molecule has 1 aliphatic heterocycles. The monoisotopic (exact) mass is 309 g/mol. The summed E-state index contributed by atoms with van der Waals surface area (Å²) in [5.41, 5.74) is 1.11. The van der Waals surface area contributed by atoms with Gasteiger partial charge in [0.15, 0.2) is 11.5 Å². The second-order valence-corrected chi connectivity index (χ2v) is 5.42. The van der Waals surface area contributed by atoms with Crippen LogP contribution in [0.15, 0.2) is 18.2 Å². The maximum Gasteiger partial charge on any atom is 0.165 e. The molecule has 1 aromatic carbocycles. The lowest BCUT2D eigenvalue weighted by Gasteiger charge is -2.17. The van der Waals surface area contributed by atoms with Gasteiger partial charge in [-0.25, -0.2) is 0 Å². The molecule has 1 aromatic rings. The molecule has 5 heteroatoms. The SMILES string of the molecule is COCCCNCc1cccc(OC)c1OCC1CCCO1. The number of ether oxygens (including phenoxy) is 4. The van der Waals surface area contributed by atoms with Crippen LogP contribution in [0.1, 0.15) is 24.8 Å². The van der Waals surface area contributed by atoms with Gasteiger partial charge < -0.3 is 24.3 Å². The van der Waals surface area contributed by atoms with E-state index in [1.807, 2.05) is 12.1 Å². The molecule has 0 bridgehead atoms. The minimum absolute atomic E-state index is 0.201. The van der Waals surface area contributed by atoms with E-state index < -0.39 is 0 Å². The maximum absolute atomic E-state index is 6.01. The summed E-state index contributed by atoms with van der Waals surface area (Å²) in [6.45, 7) is 3.86. The van der Waals surface area contributed by atoms with Crippen molar-refractivity contribution in [3.8, 4) is 11.5 Å². The van der Waals surface area contributed by atoms with E-state index in [0.29, 0.717) is 6.61 Å². The Morgan fingerprint density at radius 3 is 2.95 bits per heavy atom. The third-order valence-corrected chi connectivity index (χ3v) is 3.74. The van der Waals surface area contributed by atoms with E-state index in [2.05, 4.69) is 11.4 Å². The molecule has 1 fully saturated rings. The number of hydrogen-bond donors (Lipinski definition) is 1. The van der Waals surface area contributed by atoms with Crippen LogP contribution in [-0.2, 0) is 16.0 Å². The summed E-state index contributed by atoms with van der Waals surface area (Å²) in [7, 11) is 3.39. The second kappa shape index (κ2) is 9.66. The van der Waals surface area contributed by atoms with Crippen LogP contribution >= 0.6 is 0 Å². The molecule has 1 N–H and O–H groups in total. The largest absolute Gasteiger partial charge is 0.493 e. The van der Waals surface area contributed by atoms with Crippen LogP contribution in [0.5, 0.6) is 11.5 Å². The first-order valence-electron chi connectivity index (χ1n) is 7.95. The van der Waals surface area contributed by atoms with Gasteiger partial charge in [0.1, 0.15) is 6.61 Å². The van der Waals surface area contributed by atoms with Crippen LogP contribution in [-0.4, -0.2) is 46.7 Å². The smallest absolute Gasteiger partial charge is 0.165 e. The van der Waals surface area contributed by atoms with Gasteiger partial charge >= 0.3 is 0 Å². The fourth-order valence-electron chi connectivity index (χ4n) is 2.54. The first kappa shape index (κ1) is 17.1. The first-order chi connectivity index (χ1) is 10.8. The van der Waals surface area contributed by atoms with E-state index in [-0.39, 0.29) is 6.10 Å². The highest BCUT2D eigenvalue weighted by molar-refractivity contribution is 5.46. The van der Waals surface area contributed by atoms with Crippen LogP contribution in [0.25, 0.3) is 0 Å². The molecule has 0 radical (unpaired) electrons. The van der Waals surface area contributed by atoms with E-state index >= 15 is 0 Å². The molecule has 1 heterocycles. The lowest BCUT2D eigenvalue weighted by Crippen LogP contribution is -2.19. The van der Waals surface area contributed by atoms with Crippen molar-refractivity contribution >= 4 is 0 Å². The van der Waals surface area contributed by atoms with Crippen molar-refractivity contribution in [2.24, 2.45) is 0 Å². The van der Waals surface area contributed by atoms with Gasteiger partial charge in [0.05, 0.1) is 13.2 Å². The Hall–Kier alpha value is -1.30. The Bertz CT molecular complexity index is 433. The highest BCUT2D eigenvalue weighted by Gasteiger charge is 2.18. The van der Waals surface area contributed by atoms with Crippen LogP contribution < -0.4 is 14.8 Å². The molecule has 0 saturated carbocycles. The van der Waals surface area contributed by atoms with E-state index in [1.165, 1.54) is 0 Å². The van der Waals surface area contributed by atoms with Crippen LogP contribution in [0, 0.1) is 0 Å². The number of benzene rings is 1. The summed E-state index contributed by atoms with van der Waals surface area (Å²) < 4.78 is 22.1. The molecule has 5 nitrogen and oxygen atoms in total. The number of hydrogen-bond acceptors (Lipinski definition) is 5. The Morgan fingerprint density at radius 1 is 1.32 bits per heavy atom. The highest BCUT2D eigenvalue weighted by Crippen LogP contribution is 2.31. The summed E-state index contributed by atoms with van der Waals surface area (Å²) in [6, 6.07) is 5.99. The molecule has 1 unspecified atom stereocenters. The molecule has 0 amide bonds. The topological polar surface area (TPSA) is 49.0 Å². The van der Waals surface area contributed by atoms with Crippen LogP contribution in [0.2, 0.25) is 0 Å². The highest BCUT2D eigenvalue weighted by atomic mass is 16.5. The summed E-state index contributed by atoms with van der Waals surface area (Å²) in [5, 5.41) is 3.41. The van der Waals surface area contributed by atoms with Crippen LogP contribution in [0.4, 0.5) is 0 Å². The molecule has 0 spiro atoms. The average Bonchev–Trinajstić information content (AvgIpc) is 3.06. The lowest BCUT2D eigenvalue weighted by atomic mass is 10.1. The molecule has 22 heavy (non-hydrogen) atoms. The van der Waals surface area contributed by atoms with Gasteiger partial charge in [-0.05, 0) is 31.9 Å². The fourth-order valence-corrected chi connectivity index (χ4v) is 2.54. The zero-order valence-corrected chi connectivity index (χ0v) is 13.6. The molecule has 1 atom stereocenters. The van der Waals surface area contributed by atoms with Crippen molar-refractivity contribution in [1.82, 2.24) is 5.32 Å².